The van der Waals surface area contributed by atoms with E-state index in [4.69, 9.17) is 0 Å². The summed E-state index contributed by atoms with van der Waals surface area (Å²) in [6.45, 7) is 1.86. The first kappa shape index (κ1) is 14.4. The fourth-order valence-corrected chi connectivity index (χ4v) is 3.05. The number of aryl methyl sites for hydroxylation is 1. The van der Waals surface area contributed by atoms with Crippen molar-refractivity contribution in [3.63, 3.8) is 0 Å². The summed E-state index contributed by atoms with van der Waals surface area (Å²) in [6, 6.07) is 13.7. The Morgan fingerprint density at radius 2 is 1.73 bits per heavy atom. The number of para-hydroxylation sites is 1. The van der Waals surface area contributed by atoms with Gasteiger partial charge in [-0.1, -0.05) is 30.3 Å². The second kappa shape index (κ2) is 5.69. The largest absolute Gasteiger partial charge is 0.508 e. The topological polar surface area (TPSA) is 57.6 Å². The molecule has 1 heterocycles. The van der Waals surface area contributed by atoms with Crippen LogP contribution in [0.1, 0.15) is 11.1 Å². The molecular formula is C17H13NO3S. The molecule has 0 bridgehead atoms. The molecule has 0 aliphatic carbocycles. The summed E-state index contributed by atoms with van der Waals surface area (Å²) < 4.78 is 0. The molecule has 0 unspecified atom stereocenters. The highest BCUT2D eigenvalue weighted by atomic mass is 32.2. The summed E-state index contributed by atoms with van der Waals surface area (Å²) in [7, 11) is 0. The number of nitrogens with zero attached hydrogens (tertiary/aromatic N) is 1. The lowest BCUT2D eigenvalue weighted by Gasteiger charge is -2.14. The van der Waals surface area contributed by atoms with Gasteiger partial charge in [0.15, 0.2) is 0 Å². The number of imide groups is 1. The van der Waals surface area contributed by atoms with E-state index in [1.165, 1.54) is 17.0 Å². The van der Waals surface area contributed by atoms with E-state index in [1.807, 2.05) is 19.1 Å². The summed E-state index contributed by atoms with van der Waals surface area (Å²) >= 11 is 0.920. The van der Waals surface area contributed by atoms with Crippen LogP contribution in [0.3, 0.4) is 0 Å². The molecule has 0 atom stereocenters. The highest BCUT2D eigenvalue weighted by Gasteiger charge is 2.36. The molecule has 0 aromatic heterocycles. The average Bonchev–Trinajstić information content (AvgIpc) is 2.77. The van der Waals surface area contributed by atoms with Gasteiger partial charge in [0.1, 0.15) is 5.75 Å². The van der Waals surface area contributed by atoms with Crippen LogP contribution in [-0.4, -0.2) is 16.3 Å². The first-order valence-electron chi connectivity index (χ1n) is 6.69. The van der Waals surface area contributed by atoms with Crippen LogP contribution in [0, 0.1) is 6.92 Å². The molecule has 4 nitrogen and oxygen atoms in total. The Hall–Kier alpha value is -2.53. The molecule has 1 aliphatic rings. The molecular weight excluding hydrogens is 298 g/mol. The molecule has 1 fully saturated rings. The summed E-state index contributed by atoms with van der Waals surface area (Å²) in [5.74, 6) is -0.164. The van der Waals surface area contributed by atoms with E-state index < -0.39 is 0 Å². The van der Waals surface area contributed by atoms with Gasteiger partial charge in [0.25, 0.3) is 11.1 Å². The predicted molar refractivity (Wildman–Crippen MR) is 87.7 cm³/mol. The van der Waals surface area contributed by atoms with Gasteiger partial charge in [0.05, 0.1) is 10.6 Å². The van der Waals surface area contributed by atoms with Gasteiger partial charge in [-0.05, 0) is 54.1 Å². The molecule has 1 N–H and O–H groups in total. The highest BCUT2D eigenvalue weighted by Crippen LogP contribution is 2.36. The van der Waals surface area contributed by atoms with Crippen molar-refractivity contribution < 1.29 is 14.7 Å². The van der Waals surface area contributed by atoms with Crippen LogP contribution in [0.5, 0.6) is 5.75 Å². The van der Waals surface area contributed by atoms with Gasteiger partial charge < -0.3 is 5.11 Å². The van der Waals surface area contributed by atoms with Crippen LogP contribution in [0.4, 0.5) is 10.5 Å². The standard InChI is InChI=1S/C17H13NO3S/c1-11-4-2-3-5-14(11)18-16(20)15(22-17(18)21)10-12-6-8-13(19)9-7-12/h2-10,19H,1H3/b15-10-. The van der Waals surface area contributed by atoms with E-state index >= 15 is 0 Å². The van der Waals surface area contributed by atoms with E-state index in [0.717, 1.165) is 22.9 Å². The molecule has 2 aromatic carbocycles. The van der Waals surface area contributed by atoms with Gasteiger partial charge in [0.2, 0.25) is 0 Å². The van der Waals surface area contributed by atoms with Crippen LogP contribution in [0.2, 0.25) is 0 Å². The minimum atomic E-state index is -0.322. The van der Waals surface area contributed by atoms with Crippen molar-refractivity contribution in [2.24, 2.45) is 0 Å². The van der Waals surface area contributed by atoms with Crippen LogP contribution in [-0.2, 0) is 4.79 Å². The number of rotatable bonds is 2. The minimum Gasteiger partial charge on any atom is -0.508 e. The zero-order valence-corrected chi connectivity index (χ0v) is 12.6. The average molecular weight is 311 g/mol. The van der Waals surface area contributed by atoms with Crippen molar-refractivity contribution in [1.82, 2.24) is 0 Å². The SMILES string of the molecule is Cc1ccccc1N1C(=O)S/C(=C\c2ccc(O)cc2)C1=O. The molecule has 5 heteroatoms. The van der Waals surface area contributed by atoms with Crippen molar-refractivity contribution in [2.45, 2.75) is 6.92 Å². The number of thioether (sulfide) groups is 1. The molecule has 110 valence electrons. The number of carbonyl (C=O) groups excluding carboxylic acids is 2. The van der Waals surface area contributed by atoms with E-state index in [9.17, 15) is 14.7 Å². The molecule has 1 aliphatic heterocycles. The molecule has 1 saturated heterocycles. The molecule has 0 radical (unpaired) electrons. The maximum absolute atomic E-state index is 12.5. The van der Waals surface area contributed by atoms with Gasteiger partial charge in [0, 0.05) is 0 Å². The van der Waals surface area contributed by atoms with Crippen LogP contribution in [0.15, 0.2) is 53.4 Å². The third-order valence-corrected chi connectivity index (χ3v) is 4.21. The van der Waals surface area contributed by atoms with Gasteiger partial charge in [-0.25, -0.2) is 4.90 Å². The van der Waals surface area contributed by atoms with Gasteiger partial charge in [-0.2, -0.15) is 0 Å². The lowest BCUT2D eigenvalue weighted by molar-refractivity contribution is -0.113. The normalized spacial score (nSPS) is 16.6. The Labute approximate surface area is 132 Å². The van der Waals surface area contributed by atoms with E-state index in [2.05, 4.69) is 0 Å². The number of amides is 2. The first-order chi connectivity index (χ1) is 10.6. The number of phenolic OH excluding ortho intramolecular Hbond substituents is 1. The summed E-state index contributed by atoms with van der Waals surface area (Å²) in [5, 5.41) is 8.98. The lowest BCUT2D eigenvalue weighted by atomic mass is 10.1. The Morgan fingerprint density at radius 3 is 2.41 bits per heavy atom. The Kier molecular flexibility index (Phi) is 3.73. The maximum Gasteiger partial charge on any atom is 0.298 e. The number of anilines is 1. The van der Waals surface area contributed by atoms with Gasteiger partial charge in [-0.3, -0.25) is 9.59 Å². The van der Waals surface area contributed by atoms with Crippen molar-refractivity contribution in [1.29, 1.82) is 0 Å². The first-order valence-corrected chi connectivity index (χ1v) is 7.50. The number of aromatic hydroxyl groups is 1. The van der Waals surface area contributed by atoms with E-state index in [1.54, 1.807) is 30.3 Å². The van der Waals surface area contributed by atoms with E-state index in [-0.39, 0.29) is 16.9 Å². The quantitative estimate of drug-likeness (QED) is 0.853. The minimum absolute atomic E-state index is 0.158. The Morgan fingerprint density at radius 1 is 1.05 bits per heavy atom. The Bertz CT molecular complexity index is 781. The number of benzene rings is 2. The smallest absolute Gasteiger partial charge is 0.298 e. The monoisotopic (exact) mass is 311 g/mol. The number of hydrogen-bond donors (Lipinski definition) is 1. The molecule has 3 rings (SSSR count). The van der Waals surface area contributed by atoms with Crippen LogP contribution in [0.25, 0.3) is 6.08 Å². The highest BCUT2D eigenvalue weighted by molar-refractivity contribution is 8.19. The molecule has 0 saturated carbocycles. The fraction of sp³-hybridized carbons (Fsp3) is 0.0588. The second-order valence-electron chi connectivity index (χ2n) is 4.90. The zero-order valence-electron chi connectivity index (χ0n) is 11.8. The summed E-state index contributed by atoms with van der Waals surface area (Å²) in [4.78, 5) is 26.3. The number of phenols is 1. The van der Waals surface area contributed by atoms with Crippen molar-refractivity contribution in [3.05, 3.63) is 64.6 Å². The predicted octanol–water partition coefficient (Wildman–Crippen LogP) is 3.94. The third-order valence-electron chi connectivity index (χ3n) is 3.34. The van der Waals surface area contributed by atoms with Gasteiger partial charge >= 0.3 is 0 Å². The summed E-state index contributed by atoms with van der Waals surface area (Å²) in [5.41, 5.74) is 2.24. The van der Waals surface area contributed by atoms with Crippen molar-refractivity contribution in [3.8, 4) is 5.75 Å². The maximum atomic E-state index is 12.5. The molecule has 22 heavy (non-hydrogen) atoms. The van der Waals surface area contributed by atoms with Crippen molar-refractivity contribution >= 4 is 34.7 Å². The van der Waals surface area contributed by atoms with Crippen LogP contribution < -0.4 is 4.90 Å². The molecule has 0 spiro atoms. The molecule has 2 aromatic rings. The Balaban J connectivity index is 1.95. The lowest BCUT2D eigenvalue weighted by Crippen LogP contribution is -2.28. The zero-order chi connectivity index (χ0) is 15.7. The number of carbonyl (C=O) groups is 2. The fourth-order valence-electron chi connectivity index (χ4n) is 2.21. The summed E-state index contributed by atoms with van der Waals surface area (Å²) in [6.07, 6.45) is 1.66. The second-order valence-corrected chi connectivity index (χ2v) is 5.89. The van der Waals surface area contributed by atoms with Crippen LogP contribution >= 0.6 is 11.8 Å². The molecule has 2 amide bonds. The van der Waals surface area contributed by atoms with E-state index in [0.29, 0.717) is 10.6 Å². The number of hydrogen-bond acceptors (Lipinski definition) is 4. The van der Waals surface area contributed by atoms with Crippen molar-refractivity contribution in [2.75, 3.05) is 4.90 Å². The third kappa shape index (κ3) is 2.63. The van der Waals surface area contributed by atoms with Gasteiger partial charge in [-0.15, -0.1) is 0 Å².